The summed E-state index contributed by atoms with van der Waals surface area (Å²) in [7, 11) is 2.16. The van der Waals surface area contributed by atoms with Gasteiger partial charge in [0, 0.05) is 31.5 Å². The summed E-state index contributed by atoms with van der Waals surface area (Å²) < 4.78 is 0. The molecular formula is C17H20N2. The van der Waals surface area contributed by atoms with Crippen LogP contribution in [0, 0.1) is 6.92 Å². The van der Waals surface area contributed by atoms with Gasteiger partial charge in [0.2, 0.25) is 0 Å². The maximum absolute atomic E-state index is 3.52. The van der Waals surface area contributed by atoms with Gasteiger partial charge in [-0.05, 0) is 42.2 Å². The summed E-state index contributed by atoms with van der Waals surface area (Å²) in [4.78, 5) is 2.33. The lowest BCUT2D eigenvalue weighted by Gasteiger charge is -2.13. The Morgan fingerprint density at radius 3 is 2.84 bits per heavy atom. The van der Waals surface area contributed by atoms with Gasteiger partial charge in [0.25, 0.3) is 0 Å². The molecule has 2 aromatic carbocycles. The zero-order valence-electron chi connectivity index (χ0n) is 11.6. The molecule has 1 heterocycles. The molecule has 0 spiro atoms. The largest absolute Gasteiger partial charge is 0.381 e. The number of likely N-dealkylation sites (N-methyl/N-ethyl adjacent to an activating group) is 1. The molecule has 0 bridgehead atoms. The van der Waals surface area contributed by atoms with E-state index in [1.807, 2.05) is 0 Å². The second-order valence-corrected chi connectivity index (χ2v) is 5.30. The monoisotopic (exact) mass is 252 g/mol. The van der Waals surface area contributed by atoms with Crippen molar-refractivity contribution in [2.24, 2.45) is 0 Å². The third kappa shape index (κ3) is 2.43. The van der Waals surface area contributed by atoms with Crippen molar-refractivity contribution >= 4 is 11.4 Å². The predicted octanol–water partition coefficient (Wildman–Crippen LogP) is 3.60. The summed E-state index contributed by atoms with van der Waals surface area (Å²) in [6, 6.07) is 15.2. The van der Waals surface area contributed by atoms with Crippen LogP contribution in [-0.2, 0) is 13.0 Å². The number of rotatable bonds is 3. The lowest BCUT2D eigenvalue weighted by atomic mass is 10.1. The molecule has 2 heteroatoms. The molecule has 0 saturated carbocycles. The normalized spacial score (nSPS) is 13.5. The SMILES string of the molecule is Cc1ccccc1NCc1ccc2c(c1)CCN2C. The van der Waals surface area contributed by atoms with Gasteiger partial charge >= 0.3 is 0 Å². The highest BCUT2D eigenvalue weighted by atomic mass is 15.1. The van der Waals surface area contributed by atoms with E-state index < -0.39 is 0 Å². The van der Waals surface area contributed by atoms with Crippen LogP contribution in [0.25, 0.3) is 0 Å². The van der Waals surface area contributed by atoms with Gasteiger partial charge < -0.3 is 10.2 Å². The van der Waals surface area contributed by atoms with Gasteiger partial charge in [0.15, 0.2) is 0 Å². The maximum Gasteiger partial charge on any atom is 0.0401 e. The zero-order valence-corrected chi connectivity index (χ0v) is 11.6. The van der Waals surface area contributed by atoms with E-state index in [1.165, 1.54) is 34.5 Å². The fourth-order valence-corrected chi connectivity index (χ4v) is 2.70. The third-order valence-electron chi connectivity index (χ3n) is 3.90. The fraction of sp³-hybridized carbons (Fsp3) is 0.294. The van der Waals surface area contributed by atoms with Gasteiger partial charge in [0.1, 0.15) is 0 Å². The Kier molecular flexibility index (Phi) is 3.16. The molecule has 0 fully saturated rings. The first-order chi connectivity index (χ1) is 9.24. The van der Waals surface area contributed by atoms with Gasteiger partial charge in [0.05, 0.1) is 0 Å². The van der Waals surface area contributed by atoms with Crippen molar-refractivity contribution < 1.29 is 0 Å². The molecule has 0 aliphatic carbocycles. The molecule has 0 unspecified atom stereocenters. The minimum Gasteiger partial charge on any atom is -0.381 e. The molecule has 0 amide bonds. The Morgan fingerprint density at radius 2 is 2.00 bits per heavy atom. The van der Waals surface area contributed by atoms with E-state index >= 15 is 0 Å². The van der Waals surface area contributed by atoms with Crippen LogP contribution in [-0.4, -0.2) is 13.6 Å². The van der Waals surface area contributed by atoms with Gasteiger partial charge in [-0.15, -0.1) is 0 Å². The topological polar surface area (TPSA) is 15.3 Å². The van der Waals surface area contributed by atoms with Crippen LogP contribution in [0.1, 0.15) is 16.7 Å². The summed E-state index contributed by atoms with van der Waals surface area (Å²) >= 11 is 0. The van der Waals surface area contributed by atoms with Crippen LogP contribution in [0.2, 0.25) is 0 Å². The van der Waals surface area contributed by atoms with Crippen molar-refractivity contribution in [2.45, 2.75) is 19.9 Å². The molecule has 1 aliphatic heterocycles. The van der Waals surface area contributed by atoms with E-state index in [-0.39, 0.29) is 0 Å². The van der Waals surface area contributed by atoms with E-state index in [2.05, 4.69) is 66.7 Å². The minimum atomic E-state index is 0.891. The maximum atomic E-state index is 3.52. The summed E-state index contributed by atoms with van der Waals surface area (Å²) in [5, 5.41) is 3.52. The zero-order chi connectivity index (χ0) is 13.2. The molecule has 2 aromatic rings. The number of benzene rings is 2. The summed E-state index contributed by atoms with van der Waals surface area (Å²) in [6.07, 6.45) is 1.17. The number of anilines is 2. The van der Waals surface area contributed by atoms with E-state index in [0.29, 0.717) is 0 Å². The number of nitrogens with zero attached hydrogens (tertiary/aromatic N) is 1. The number of aryl methyl sites for hydroxylation is 1. The first-order valence-corrected chi connectivity index (χ1v) is 6.86. The lowest BCUT2D eigenvalue weighted by molar-refractivity contribution is 0.955. The molecule has 0 atom stereocenters. The lowest BCUT2D eigenvalue weighted by Crippen LogP contribution is -2.12. The highest BCUT2D eigenvalue weighted by Crippen LogP contribution is 2.27. The van der Waals surface area contributed by atoms with Gasteiger partial charge in [-0.3, -0.25) is 0 Å². The van der Waals surface area contributed by atoms with Crippen molar-refractivity contribution in [3.8, 4) is 0 Å². The van der Waals surface area contributed by atoms with Crippen LogP contribution in [0.3, 0.4) is 0 Å². The number of hydrogen-bond acceptors (Lipinski definition) is 2. The quantitative estimate of drug-likeness (QED) is 0.898. The van der Waals surface area contributed by atoms with Gasteiger partial charge in [-0.2, -0.15) is 0 Å². The van der Waals surface area contributed by atoms with E-state index in [4.69, 9.17) is 0 Å². The second-order valence-electron chi connectivity index (χ2n) is 5.30. The minimum absolute atomic E-state index is 0.891. The van der Waals surface area contributed by atoms with Crippen molar-refractivity contribution in [1.82, 2.24) is 0 Å². The molecule has 1 aliphatic rings. The van der Waals surface area contributed by atoms with Gasteiger partial charge in [-0.1, -0.05) is 30.3 Å². The highest BCUT2D eigenvalue weighted by Gasteiger charge is 2.15. The van der Waals surface area contributed by atoms with E-state index in [1.54, 1.807) is 0 Å². The number of para-hydroxylation sites is 1. The average molecular weight is 252 g/mol. The Bertz CT molecular complexity index is 590. The molecule has 0 aromatic heterocycles. The molecule has 1 N–H and O–H groups in total. The average Bonchev–Trinajstić information content (AvgIpc) is 2.79. The summed E-state index contributed by atoms with van der Waals surface area (Å²) in [6.45, 7) is 4.17. The smallest absolute Gasteiger partial charge is 0.0401 e. The molecule has 0 saturated heterocycles. The van der Waals surface area contributed by atoms with Crippen molar-refractivity contribution in [3.63, 3.8) is 0 Å². The second kappa shape index (κ2) is 4.96. The number of fused-ring (bicyclic) bond motifs is 1. The molecule has 19 heavy (non-hydrogen) atoms. The molecule has 3 rings (SSSR count). The molecule has 98 valence electrons. The summed E-state index contributed by atoms with van der Waals surface area (Å²) in [5.74, 6) is 0. The molecular weight excluding hydrogens is 232 g/mol. The highest BCUT2D eigenvalue weighted by molar-refractivity contribution is 5.59. The Labute approximate surface area is 115 Å². The fourth-order valence-electron chi connectivity index (χ4n) is 2.70. The Hall–Kier alpha value is -1.96. The Morgan fingerprint density at radius 1 is 1.16 bits per heavy atom. The van der Waals surface area contributed by atoms with E-state index in [9.17, 15) is 0 Å². The predicted molar refractivity (Wildman–Crippen MR) is 81.9 cm³/mol. The van der Waals surface area contributed by atoms with Crippen LogP contribution in [0.4, 0.5) is 11.4 Å². The molecule has 2 nitrogen and oxygen atoms in total. The van der Waals surface area contributed by atoms with Crippen LogP contribution in [0.15, 0.2) is 42.5 Å². The number of nitrogens with one attached hydrogen (secondary N) is 1. The molecule has 0 radical (unpaired) electrons. The standard InChI is InChI=1S/C17H20N2/c1-13-5-3-4-6-16(13)18-12-14-7-8-17-15(11-14)9-10-19(17)2/h3-8,11,18H,9-10,12H2,1-2H3. The first-order valence-electron chi connectivity index (χ1n) is 6.86. The van der Waals surface area contributed by atoms with Gasteiger partial charge in [-0.25, -0.2) is 0 Å². The van der Waals surface area contributed by atoms with Crippen molar-refractivity contribution in [3.05, 3.63) is 59.2 Å². The van der Waals surface area contributed by atoms with Crippen LogP contribution < -0.4 is 10.2 Å². The van der Waals surface area contributed by atoms with Crippen molar-refractivity contribution in [2.75, 3.05) is 23.8 Å². The summed E-state index contributed by atoms with van der Waals surface area (Å²) in [5.41, 5.74) is 6.74. The third-order valence-corrected chi connectivity index (χ3v) is 3.90. The van der Waals surface area contributed by atoms with Crippen molar-refractivity contribution in [1.29, 1.82) is 0 Å². The first kappa shape index (κ1) is 12.1. The Balaban J connectivity index is 1.73. The van der Waals surface area contributed by atoms with Crippen LogP contribution >= 0.6 is 0 Å². The van der Waals surface area contributed by atoms with Crippen LogP contribution in [0.5, 0.6) is 0 Å². The number of hydrogen-bond donors (Lipinski definition) is 1. The van der Waals surface area contributed by atoms with E-state index in [0.717, 1.165) is 13.1 Å².